The molecule has 0 saturated carbocycles. The second kappa shape index (κ2) is 5.77. The van der Waals surface area contributed by atoms with E-state index in [4.69, 9.17) is 22.2 Å². The summed E-state index contributed by atoms with van der Waals surface area (Å²) in [5.74, 6) is 0.540. The van der Waals surface area contributed by atoms with Crippen molar-refractivity contribution in [2.24, 2.45) is 0 Å². The van der Waals surface area contributed by atoms with Gasteiger partial charge in [0.2, 0.25) is 0 Å². The van der Waals surface area contributed by atoms with Crippen LogP contribution in [0.3, 0.4) is 0 Å². The molecule has 7 nitrogen and oxygen atoms in total. The van der Waals surface area contributed by atoms with Gasteiger partial charge in [0, 0.05) is 0 Å². The molecule has 0 aromatic heterocycles. The molecule has 1 aromatic rings. The van der Waals surface area contributed by atoms with Gasteiger partial charge in [-0.15, -0.1) is 0 Å². The van der Waals surface area contributed by atoms with E-state index in [-0.39, 0.29) is 6.61 Å². The Morgan fingerprint density at radius 1 is 1.00 bits per heavy atom. The van der Waals surface area contributed by atoms with Crippen LogP contribution in [0, 0.1) is 0 Å². The summed E-state index contributed by atoms with van der Waals surface area (Å²) in [7, 11) is -8.26. The number of para-hydroxylation sites is 2. The molecular formula is C15H26NO6PSi2. The van der Waals surface area contributed by atoms with Crippen LogP contribution in [0.1, 0.15) is 0 Å². The summed E-state index contributed by atoms with van der Waals surface area (Å²) in [5, 5.41) is 3.13. The molecule has 1 aromatic carbocycles. The molecule has 25 heavy (non-hydrogen) atoms. The molecule has 1 saturated heterocycles. The van der Waals surface area contributed by atoms with Gasteiger partial charge in [-0.1, -0.05) is 0 Å². The molecule has 1 atom stereocenters. The molecule has 2 aliphatic heterocycles. The van der Waals surface area contributed by atoms with Crippen LogP contribution in [-0.2, 0) is 18.0 Å². The average molecular weight is 404 g/mol. The number of carbonyl (C=O) groups excluding carboxylic acids is 1. The summed E-state index contributed by atoms with van der Waals surface area (Å²) in [6, 6.07) is 6.52. The Morgan fingerprint density at radius 2 is 1.56 bits per heavy atom. The second-order valence-corrected chi connectivity index (χ2v) is 20.1. The van der Waals surface area contributed by atoms with Crippen molar-refractivity contribution in [3.05, 3.63) is 24.3 Å². The van der Waals surface area contributed by atoms with Crippen molar-refractivity contribution in [1.82, 2.24) is 5.09 Å². The van der Waals surface area contributed by atoms with Gasteiger partial charge in [-0.25, -0.2) is 0 Å². The molecule has 0 radical (unpaired) electrons. The van der Waals surface area contributed by atoms with Gasteiger partial charge in [-0.05, 0) is 0 Å². The van der Waals surface area contributed by atoms with Gasteiger partial charge in [0.15, 0.2) is 0 Å². The van der Waals surface area contributed by atoms with Crippen molar-refractivity contribution < 1.29 is 27.0 Å². The molecule has 1 N–H and O–H groups in total. The Morgan fingerprint density at radius 3 is 2.04 bits per heavy atom. The van der Waals surface area contributed by atoms with Gasteiger partial charge < -0.3 is 0 Å². The van der Waals surface area contributed by atoms with Crippen LogP contribution in [-0.4, -0.2) is 35.3 Å². The van der Waals surface area contributed by atoms with Gasteiger partial charge in [-0.3, -0.25) is 0 Å². The first-order valence-corrected chi connectivity index (χ1v) is 17.0. The first-order valence-electron chi connectivity index (χ1n) is 8.28. The monoisotopic (exact) mass is 403 g/mol. The summed E-state index contributed by atoms with van der Waals surface area (Å²) in [6.07, 6.45) is 0. The summed E-state index contributed by atoms with van der Waals surface area (Å²) in [6.45, 7) is 12.4. The van der Waals surface area contributed by atoms with Gasteiger partial charge in [0.25, 0.3) is 0 Å². The Kier molecular flexibility index (Phi) is 4.34. The van der Waals surface area contributed by atoms with Crippen molar-refractivity contribution in [2.45, 2.75) is 45.3 Å². The molecule has 0 amide bonds. The quantitative estimate of drug-likeness (QED) is 0.592. The molecule has 0 aliphatic carbocycles. The van der Waals surface area contributed by atoms with Gasteiger partial charge in [0.05, 0.1) is 0 Å². The molecule has 2 aliphatic rings. The van der Waals surface area contributed by atoms with Gasteiger partial charge >= 0.3 is 150 Å². The standard InChI is InChI=1S/C15H26NO6PSi2/c1-24(2,3)18-11-12-15(17)21-23(16-12,22-25(4,5)6)19-13-9-7-8-10-14(13)20-23/h7-10,12,16H,11H2,1-6H3. The number of benzene rings is 1. The fourth-order valence-electron chi connectivity index (χ4n) is 2.59. The van der Waals surface area contributed by atoms with Crippen LogP contribution in [0.5, 0.6) is 11.5 Å². The van der Waals surface area contributed by atoms with Crippen molar-refractivity contribution in [3.63, 3.8) is 0 Å². The average Bonchev–Trinajstić information content (AvgIpc) is 2.87. The van der Waals surface area contributed by atoms with E-state index in [2.05, 4.69) is 24.7 Å². The fourth-order valence-corrected chi connectivity index (χ4v) is 10.1. The zero-order chi connectivity index (χ0) is 18.5. The normalized spacial score (nSPS) is 25.4. The predicted octanol–water partition coefficient (Wildman–Crippen LogP) is 3.80. The van der Waals surface area contributed by atoms with Crippen LogP contribution >= 0.6 is 7.66 Å². The summed E-state index contributed by atoms with van der Waals surface area (Å²) in [5.41, 5.74) is 0. The Bertz CT molecular complexity index is 677. The van der Waals surface area contributed by atoms with E-state index in [0.29, 0.717) is 11.5 Å². The summed E-state index contributed by atoms with van der Waals surface area (Å²) < 4.78 is 30.0. The number of rotatable bonds is 5. The first kappa shape index (κ1) is 18.8. The molecule has 1 fully saturated rings. The number of carbonyl (C=O) groups is 1. The predicted molar refractivity (Wildman–Crippen MR) is 101 cm³/mol. The van der Waals surface area contributed by atoms with Crippen molar-refractivity contribution in [2.75, 3.05) is 6.61 Å². The number of nitrogens with one attached hydrogen (secondary N) is 1. The SMILES string of the molecule is C[Si](C)(C)OCC1NP2(O[Si](C)(C)C)(OC1=O)Oc1ccccc1O2. The van der Waals surface area contributed by atoms with Crippen molar-refractivity contribution in [3.8, 4) is 11.5 Å². The molecule has 3 rings (SSSR count). The maximum absolute atomic E-state index is 12.6. The van der Waals surface area contributed by atoms with E-state index in [1.807, 2.05) is 31.8 Å². The van der Waals surface area contributed by atoms with Crippen LogP contribution in [0.15, 0.2) is 24.3 Å². The minimum atomic E-state index is -4.28. The Hall–Kier alpha value is -0.966. The van der Waals surface area contributed by atoms with E-state index in [0.717, 1.165) is 0 Å². The van der Waals surface area contributed by atoms with E-state index in [1.54, 1.807) is 12.1 Å². The van der Waals surface area contributed by atoms with E-state index < -0.39 is 36.3 Å². The minimum absolute atomic E-state index is 0.199. The molecule has 10 heteroatoms. The van der Waals surface area contributed by atoms with E-state index in [1.165, 1.54) is 0 Å². The second-order valence-electron chi connectivity index (χ2n) is 8.16. The summed E-state index contributed by atoms with van der Waals surface area (Å²) in [4.78, 5) is 12.6. The first-order chi connectivity index (χ1) is 11.4. The Labute approximate surface area is 150 Å². The zero-order valence-electron chi connectivity index (χ0n) is 15.5. The van der Waals surface area contributed by atoms with Crippen LogP contribution in [0.4, 0.5) is 0 Å². The van der Waals surface area contributed by atoms with Crippen LogP contribution in [0.2, 0.25) is 39.3 Å². The molecule has 1 unspecified atom stereocenters. The van der Waals surface area contributed by atoms with Gasteiger partial charge in [-0.2, -0.15) is 0 Å². The van der Waals surface area contributed by atoms with Crippen molar-refractivity contribution in [1.29, 1.82) is 0 Å². The van der Waals surface area contributed by atoms with E-state index in [9.17, 15) is 4.79 Å². The number of fused-ring (bicyclic) bond motifs is 1. The summed E-state index contributed by atoms with van der Waals surface area (Å²) >= 11 is 0. The molecule has 2 heterocycles. The molecule has 140 valence electrons. The van der Waals surface area contributed by atoms with Crippen LogP contribution < -0.4 is 14.1 Å². The third-order valence-corrected chi connectivity index (χ3v) is 10.1. The third-order valence-electron chi connectivity index (χ3n) is 3.37. The topological polar surface area (TPSA) is 75.2 Å². The van der Waals surface area contributed by atoms with Crippen LogP contribution in [0.25, 0.3) is 0 Å². The zero-order valence-corrected chi connectivity index (χ0v) is 18.4. The number of hydrogen-bond donors (Lipinski definition) is 1. The third kappa shape index (κ3) is 3.91. The fraction of sp³-hybridized carbons (Fsp3) is 0.533. The maximum atomic E-state index is 12.6. The van der Waals surface area contributed by atoms with Crippen molar-refractivity contribution >= 4 is 30.3 Å². The Balaban J connectivity index is 1.92. The molecular weight excluding hydrogens is 377 g/mol. The number of hydrogen-bond acceptors (Lipinski definition) is 7. The molecule has 1 spiro atoms. The van der Waals surface area contributed by atoms with Gasteiger partial charge in [0.1, 0.15) is 0 Å². The molecule has 0 bridgehead atoms. The van der Waals surface area contributed by atoms with E-state index >= 15 is 0 Å².